The number of nitrogen functional groups attached to an aromatic ring is 1. The van der Waals surface area contributed by atoms with Crippen molar-refractivity contribution in [2.45, 2.75) is 33.4 Å². The number of aromatic nitrogens is 3. The maximum Gasteiger partial charge on any atom is 0.419 e. The number of nitrogens with one attached hydrogen (secondary N) is 1. The number of rotatable bonds is 2. The first-order valence-electron chi connectivity index (χ1n) is 6.43. The molecule has 2 aromatic rings. The highest BCUT2D eigenvalue weighted by Gasteiger charge is 2.34. The number of anilines is 1. The maximum absolute atomic E-state index is 12.8. The van der Waals surface area contributed by atoms with Crippen molar-refractivity contribution in [3.8, 4) is 11.3 Å². The third-order valence-corrected chi connectivity index (χ3v) is 2.86. The molecule has 0 aromatic carbocycles. The summed E-state index contributed by atoms with van der Waals surface area (Å²) in [6, 6.07) is 0.983. The van der Waals surface area contributed by atoms with Gasteiger partial charge in [-0.1, -0.05) is 20.8 Å². The topological polar surface area (TPSA) is 67.6 Å². The molecule has 2 aromatic heterocycles. The molecule has 4 nitrogen and oxygen atoms in total. The molecule has 7 heteroatoms. The Labute approximate surface area is 120 Å². The first kappa shape index (κ1) is 15.3. The van der Waals surface area contributed by atoms with E-state index in [4.69, 9.17) is 5.73 Å². The first-order valence-corrected chi connectivity index (χ1v) is 6.43. The molecule has 0 amide bonds. The summed E-state index contributed by atoms with van der Waals surface area (Å²) >= 11 is 0. The van der Waals surface area contributed by atoms with Crippen LogP contribution in [0.3, 0.4) is 0 Å². The molecule has 0 unspecified atom stereocenters. The van der Waals surface area contributed by atoms with Crippen molar-refractivity contribution < 1.29 is 13.2 Å². The molecule has 0 atom stereocenters. The summed E-state index contributed by atoms with van der Waals surface area (Å²) in [6.07, 6.45) is -1.02. The van der Waals surface area contributed by atoms with Gasteiger partial charge in [0.05, 0.1) is 17.5 Å². The van der Waals surface area contributed by atoms with Gasteiger partial charge in [0.25, 0.3) is 0 Å². The lowest BCUT2D eigenvalue weighted by molar-refractivity contribution is -0.137. The Morgan fingerprint density at radius 3 is 2.38 bits per heavy atom. The number of pyridine rings is 1. The van der Waals surface area contributed by atoms with E-state index in [9.17, 15) is 13.2 Å². The molecule has 0 aliphatic heterocycles. The van der Waals surface area contributed by atoms with Crippen LogP contribution in [0.4, 0.5) is 19.0 Å². The van der Waals surface area contributed by atoms with Gasteiger partial charge >= 0.3 is 6.18 Å². The van der Waals surface area contributed by atoms with Gasteiger partial charge in [0.15, 0.2) is 0 Å². The molecule has 0 radical (unpaired) electrons. The number of halogens is 3. The van der Waals surface area contributed by atoms with Gasteiger partial charge in [-0.15, -0.1) is 0 Å². The molecular weight excluding hydrogens is 281 g/mol. The second kappa shape index (κ2) is 5.05. The van der Waals surface area contributed by atoms with Gasteiger partial charge in [-0.25, -0.2) is 9.97 Å². The molecule has 2 heterocycles. The molecule has 0 spiro atoms. The molecule has 114 valence electrons. The first-order chi connectivity index (χ1) is 9.56. The third kappa shape index (κ3) is 3.74. The number of hydrogen-bond acceptors (Lipinski definition) is 3. The number of alkyl halides is 3. The van der Waals surface area contributed by atoms with Gasteiger partial charge in [0.1, 0.15) is 11.6 Å². The summed E-state index contributed by atoms with van der Waals surface area (Å²) in [6.45, 7) is 6.17. The normalized spacial score (nSPS) is 12.7. The fourth-order valence-electron chi connectivity index (χ4n) is 1.95. The summed E-state index contributed by atoms with van der Waals surface area (Å²) in [5, 5.41) is 0. The van der Waals surface area contributed by atoms with Crippen LogP contribution in [0.5, 0.6) is 0 Å². The molecule has 0 saturated carbocycles. The van der Waals surface area contributed by atoms with E-state index in [1.807, 2.05) is 0 Å². The number of H-pyrrole nitrogens is 1. The van der Waals surface area contributed by atoms with Gasteiger partial charge in [-0.05, 0) is 11.5 Å². The van der Waals surface area contributed by atoms with Crippen LogP contribution in [-0.2, 0) is 12.6 Å². The van der Waals surface area contributed by atoms with Crippen LogP contribution in [0.25, 0.3) is 11.3 Å². The zero-order chi connectivity index (χ0) is 15.8. The lowest BCUT2D eigenvalue weighted by Gasteiger charge is -2.15. The van der Waals surface area contributed by atoms with Gasteiger partial charge in [-0.3, -0.25) is 0 Å². The third-order valence-electron chi connectivity index (χ3n) is 2.86. The molecule has 2 rings (SSSR count). The largest absolute Gasteiger partial charge is 0.419 e. The fourth-order valence-corrected chi connectivity index (χ4v) is 1.95. The van der Waals surface area contributed by atoms with Gasteiger partial charge in [0.2, 0.25) is 0 Å². The molecule has 0 bridgehead atoms. The van der Waals surface area contributed by atoms with Crippen molar-refractivity contribution in [2.24, 2.45) is 5.41 Å². The fraction of sp³-hybridized carbons (Fsp3) is 0.429. The standard InChI is InChI=1S/C14H17F3N4/c1-13(2,3)5-11-19-7-10(21-11)8-4-9(14(15,16)17)12(18)20-6-8/h4,6-7H,5H2,1-3H3,(H2,18,20)(H,19,21). The minimum atomic E-state index is -4.53. The second-order valence-corrected chi connectivity index (χ2v) is 6.14. The molecule has 0 saturated heterocycles. The number of aromatic amines is 1. The molecule has 0 fully saturated rings. The van der Waals surface area contributed by atoms with Crippen molar-refractivity contribution in [1.82, 2.24) is 15.0 Å². The van der Waals surface area contributed by atoms with E-state index in [0.29, 0.717) is 17.7 Å². The van der Waals surface area contributed by atoms with E-state index in [1.54, 1.807) is 0 Å². The zero-order valence-corrected chi connectivity index (χ0v) is 12.0. The zero-order valence-electron chi connectivity index (χ0n) is 12.0. The second-order valence-electron chi connectivity index (χ2n) is 6.14. The predicted molar refractivity (Wildman–Crippen MR) is 74.4 cm³/mol. The summed E-state index contributed by atoms with van der Waals surface area (Å²) in [7, 11) is 0. The van der Waals surface area contributed by atoms with E-state index >= 15 is 0 Å². The van der Waals surface area contributed by atoms with Crippen LogP contribution < -0.4 is 5.73 Å². The number of nitrogens with zero attached hydrogens (tertiary/aromatic N) is 2. The highest BCUT2D eigenvalue weighted by atomic mass is 19.4. The number of hydrogen-bond donors (Lipinski definition) is 2. The molecular formula is C14H17F3N4. The smallest absolute Gasteiger partial charge is 0.383 e. The van der Waals surface area contributed by atoms with Crippen molar-refractivity contribution in [3.63, 3.8) is 0 Å². The Balaban J connectivity index is 2.35. The van der Waals surface area contributed by atoms with E-state index in [1.165, 1.54) is 12.4 Å². The van der Waals surface area contributed by atoms with Crippen molar-refractivity contribution in [2.75, 3.05) is 5.73 Å². The van der Waals surface area contributed by atoms with E-state index < -0.39 is 17.6 Å². The van der Waals surface area contributed by atoms with Gasteiger partial charge in [0, 0.05) is 18.2 Å². The van der Waals surface area contributed by atoms with Crippen molar-refractivity contribution >= 4 is 5.82 Å². The Morgan fingerprint density at radius 2 is 1.81 bits per heavy atom. The highest BCUT2D eigenvalue weighted by Crippen LogP contribution is 2.34. The molecule has 3 N–H and O–H groups in total. The van der Waals surface area contributed by atoms with Crippen LogP contribution in [0.2, 0.25) is 0 Å². The van der Waals surface area contributed by atoms with E-state index in [-0.39, 0.29) is 5.41 Å². The van der Waals surface area contributed by atoms with E-state index in [2.05, 4.69) is 35.7 Å². The lowest BCUT2D eigenvalue weighted by atomic mass is 9.92. The summed E-state index contributed by atoms with van der Waals surface area (Å²) < 4.78 is 38.5. The molecule has 0 aliphatic carbocycles. The summed E-state index contributed by atoms with van der Waals surface area (Å²) in [4.78, 5) is 10.8. The van der Waals surface area contributed by atoms with Crippen LogP contribution in [0.15, 0.2) is 18.5 Å². The highest BCUT2D eigenvalue weighted by molar-refractivity contribution is 5.61. The average molecular weight is 298 g/mol. The van der Waals surface area contributed by atoms with Crippen LogP contribution >= 0.6 is 0 Å². The van der Waals surface area contributed by atoms with Gasteiger partial charge < -0.3 is 10.7 Å². The maximum atomic E-state index is 12.8. The SMILES string of the molecule is CC(C)(C)Cc1ncc(-c2cnc(N)c(C(F)(F)F)c2)[nH]1. The molecule has 21 heavy (non-hydrogen) atoms. The molecule has 0 aliphatic rings. The Bertz CT molecular complexity index is 638. The van der Waals surface area contributed by atoms with Crippen molar-refractivity contribution in [1.29, 1.82) is 0 Å². The quantitative estimate of drug-likeness (QED) is 0.889. The lowest BCUT2D eigenvalue weighted by Crippen LogP contribution is -2.11. The number of imidazole rings is 1. The monoisotopic (exact) mass is 298 g/mol. The summed E-state index contributed by atoms with van der Waals surface area (Å²) in [5.41, 5.74) is 5.18. The van der Waals surface area contributed by atoms with E-state index in [0.717, 1.165) is 11.9 Å². The Kier molecular flexibility index (Phi) is 3.69. The van der Waals surface area contributed by atoms with Gasteiger partial charge in [-0.2, -0.15) is 13.2 Å². The Morgan fingerprint density at radius 1 is 1.14 bits per heavy atom. The summed E-state index contributed by atoms with van der Waals surface area (Å²) in [5.74, 6) is 0.198. The van der Waals surface area contributed by atoms with Crippen LogP contribution in [0, 0.1) is 5.41 Å². The van der Waals surface area contributed by atoms with Crippen LogP contribution in [0.1, 0.15) is 32.2 Å². The minimum absolute atomic E-state index is 0.0334. The predicted octanol–water partition coefficient (Wildman–Crippen LogP) is 3.66. The Hall–Kier alpha value is -2.05. The minimum Gasteiger partial charge on any atom is -0.383 e. The average Bonchev–Trinajstić information content (AvgIpc) is 2.74. The van der Waals surface area contributed by atoms with Crippen molar-refractivity contribution in [3.05, 3.63) is 29.8 Å². The number of nitrogens with two attached hydrogens (primary N) is 1. The van der Waals surface area contributed by atoms with Crippen LogP contribution in [-0.4, -0.2) is 15.0 Å².